The molecule has 0 aliphatic carbocycles. The molecule has 0 saturated heterocycles. The van der Waals surface area contributed by atoms with E-state index in [-0.39, 0.29) is 0 Å². The standard InChI is InChI=1S/C47H26N4/c48-27-30-18-21-45-43(24-30)37-12-8-9-17-44(37)51(45)36-23-31(28-49)22-35(25-36)42-26-33(19-20-34(42)29-50)47-40-15-6-4-13-38(40)46(32-10-2-1-3-11-32)39-14-5-7-16-41(39)47/h1-26H. The third-order valence-electron chi connectivity index (χ3n) is 9.84. The first-order valence-corrected chi connectivity index (χ1v) is 16.7. The largest absolute Gasteiger partial charge is 0.309 e. The van der Waals surface area contributed by atoms with E-state index in [9.17, 15) is 15.8 Å². The highest BCUT2D eigenvalue weighted by Gasteiger charge is 2.19. The van der Waals surface area contributed by atoms with Gasteiger partial charge in [0.15, 0.2) is 0 Å². The molecule has 1 aromatic heterocycles. The van der Waals surface area contributed by atoms with Crippen LogP contribution >= 0.6 is 0 Å². The zero-order valence-electron chi connectivity index (χ0n) is 27.3. The predicted molar refractivity (Wildman–Crippen MR) is 206 cm³/mol. The first-order chi connectivity index (χ1) is 25.2. The number of nitriles is 3. The van der Waals surface area contributed by atoms with Gasteiger partial charge in [-0.3, -0.25) is 0 Å². The molecule has 51 heavy (non-hydrogen) atoms. The van der Waals surface area contributed by atoms with Crippen molar-refractivity contribution in [3.05, 3.63) is 174 Å². The van der Waals surface area contributed by atoms with Gasteiger partial charge in [0, 0.05) is 22.0 Å². The summed E-state index contributed by atoms with van der Waals surface area (Å²) in [6, 6.07) is 60.2. The van der Waals surface area contributed by atoms with Crippen molar-refractivity contribution < 1.29 is 0 Å². The Morgan fingerprint density at radius 3 is 1.61 bits per heavy atom. The van der Waals surface area contributed by atoms with Crippen molar-refractivity contribution in [2.75, 3.05) is 0 Å². The molecule has 0 aliphatic heterocycles. The summed E-state index contributed by atoms with van der Waals surface area (Å²) >= 11 is 0. The van der Waals surface area contributed by atoms with Gasteiger partial charge < -0.3 is 4.57 Å². The fourth-order valence-corrected chi connectivity index (χ4v) is 7.67. The second-order valence-electron chi connectivity index (χ2n) is 12.7. The van der Waals surface area contributed by atoms with Crippen molar-refractivity contribution in [3.8, 4) is 57.3 Å². The van der Waals surface area contributed by atoms with Crippen LogP contribution in [0.15, 0.2) is 158 Å². The van der Waals surface area contributed by atoms with E-state index in [1.54, 1.807) is 0 Å². The van der Waals surface area contributed by atoms with Crippen LogP contribution in [0.3, 0.4) is 0 Å². The van der Waals surface area contributed by atoms with Crippen molar-refractivity contribution in [1.29, 1.82) is 15.8 Å². The SMILES string of the molecule is N#Cc1cc(-c2cc(-c3c4ccccc4c(-c4ccccc4)c4ccccc34)ccc2C#N)cc(-n2c3ccccc3c3cc(C#N)ccc32)c1. The molecule has 0 N–H and O–H groups in total. The second kappa shape index (κ2) is 11.9. The van der Waals surface area contributed by atoms with Gasteiger partial charge in [-0.05, 0) is 104 Å². The maximum atomic E-state index is 10.4. The van der Waals surface area contributed by atoms with Gasteiger partial charge in [0.05, 0.1) is 45.9 Å². The molecule has 0 spiro atoms. The van der Waals surface area contributed by atoms with E-state index in [1.807, 2.05) is 60.7 Å². The molecule has 0 bridgehead atoms. The smallest absolute Gasteiger partial charge is 0.0998 e. The van der Waals surface area contributed by atoms with Gasteiger partial charge in [-0.1, -0.05) is 103 Å². The Morgan fingerprint density at radius 2 is 0.961 bits per heavy atom. The molecule has 1 heterocycles. The van der Waals surface area contributed by atoms with Crippen molar-refractivity contribution in [2.24, 2.45) is 0 Å². The molecule has 4 nitrogen and oxygen atoms in total. The van der Waals surface area contributed by atoms with E-state index in [4.69, 9.17) is 0 Å². The topological polar surface area (TPSA) is 76.3 Å². The van der Waals surface area contributed by atoms with Crippen LogP contribution in [0.4, 0.5) is 0 Å². The summed E-state index contributed by atoms with van der Waals surface area (Å²) in [4.78, 5) is 0. The van der Waals surface area contributed by atoms with Gasteiger partial charge in [-0.15, -0.1) is 0 Å². The molecular weight excluding hydrogens is 621 g/mol. The monoisotopic (exact) mass is 646 g/mol. The average Bonchev–Trinajstić information content (AvgIpc) is 3.53. The van der Waals surface area contributed by atoms with Gasteiger partial charge in [-0.25, -0.2) is 0 Å². The van der Waals surface area contributed by atoms with E-state index in [0.717, 1.165) is 76.9 Å². The zero-order chi connectivity index (χ0) is 34.5. The van der Waals surface area contributed by atoms with Crippen molar-refractivity contribution in [2.45, 2.75) is 0 Å². The molecule has 0 aliphatic rings. The van der Waals surface area contributed by atoms with E-state index in [2.05, 4.69) is 120 Å². The molecule has 0 radical (unpaired) electrons. The van der Waals surface area contributed by atoms with Gasteiger partial charge in [0.2, 0.25) is 0 Å². The van der Waals surface area contributed by atoms with Gasteiger partial charge >= 0.3 is 0 Å². The lowest BCUT2D eigenvalue weighted by atomic mass is 9.85. The predicted octanol–water partition coefficient (Wildman–Crippen LogP) is 11.7. The van der Waals surface area contributed by atoms with Gasteiger partial charge in [0.25, 0.3) is 0 Å². The van der Waals surface area contributed by atoms with Crippen LogP contribution in [-0.4, -0.2) is 4.57 Å². The Morgan fingerprint density at radius 1 is 0.373 bits per heavy atom. The summed E-state index contributed by atoms with van der Waals surface area (Å²) in [5, 5.41) is 36.9. The normalized spacial score (nSPS) is 11.1. The Kier molecular flexibility index (Phi) is 6.93. The van der Waals surface area contributed by atoms with Crippen LogP contribution in [-0.2, 0) is 0 Å². The molecule has 0 atom stereocenters. The van der Waals surface area contributed by atoms with E-state index < -0.39 is 0 Å². The Hall–Kier alpha value is -7.45. The number of hydrogen-bond acceptors (Lipinski definition) is 3. The van der Waals surface area contributed by atoms with E-state index >= 15 is 0 Å². The zero-order valence-corrected chi connectivity index (χ0v) is 27.3. The van der Waals surface area contributed by atoms with Crippen LogP contribution < -0.4 is 0 Å². The highest BCUT2D eigenvalue weighted by atomic mass is 15.0. The minimum Gasteiger partial charge on any atom is -0.309 e. The van der Waals surface area contributed by atoms with Crippen LogP contribution in [0.5, 0.6) is 0 Å². The fraction of sp³-hybridized carbons (Fsp3) is 0. The highest BCUT2D eigenvalue weighted by molar-refractivity contribution is 6.21. The number of fused-ring (bicyclic) bond motifs is 5. The number of para-hydroxylation sites is 1. The maximum Gasteiger partial charge on any atom is 0.0998 e. The number of nitrogens with zero attached hydrogens (tertiary/aromatic N) is 4. The van der Waals surface area contributed by atoms with Crippen LogP contribution in [0.25, 0.3) is 82.4 Å². The quantitative estimate of drug-likeness (QED) is 0.179. The average molecular weight is 647 g/mol. The fourth-order valence-electron chi connectivity index (χ4n) is 7.67. The first kappa shape index (κ1) is 29.7. The summed E-state index contributed by atoms with van der Waals surface area (Å²) in [5.41, 5.74) is 10.3. The lowest BCUT2D eigenvalue weighted by molar-refractivity contribution is 1.18. The maximum absolute atomic E-state index is 10.4. The molecule has 0 unspecified atom stereocenters. The number of aromatic nitrogens is 1. The molecule has 8 aromatic carbocycles. The Labute approximate surface area is 294 Å². The van der Waals surface area contributed by atoms with Crippen molar-refractivity contribution in [1.82, 2.24) is 4.57 Å². The molecule has 9 rings (SSSR count). The van der Waals surface area contributed by atoms with Crippen molar-refractivity contribution >= 4 is 43.4 Å². The third kappa shape index (κ3) is 4.74. The summed E-state index contributed by atoms with van der Waals surface area (Å²) in [5.74, 6) is 0. The number of rotatable bonds is 4. The lowest BCUT2D eigenvalue weighted by Gasteiger charge is -2.18. The molecule has 0 amide bonds. The third-order valence-corrected chi connectivity index (χ3v) is 9.84. The molecular formula is C47H26N4. The first-order valence-electron chi connectivity index (χ1n) is 16.7. The van der Waals surface area contributed by atoms with E-state index in [0.29, 0.717) is 16.7 Å². The van der Waals surface area contributed by atoms with Gasteiger partial charge in [0.1, 0.15) is 0 Å². The summed E-state index contributed by atoms with van der Waals surface area (Å²) < 4.78 is 2.13. The number of benzene rings is 8. The van der Waals surface area contributed by atoms with Crippen LogP contribution in [0, 0.1) is 34.0 Å². The van der Waals surface area contributed by atoms with Crippen LogP contribution in [0.1, 0.15) is 16.7 Å². The molecule has 9 aromatic rings. The summed E-state index contributed by atoms with van der Waals surface area (Å²) in [6.07, 6.45) is 0. The Bertz CT molecular complexity index is 2940. The minimum atomic E-state index is 0.486. The number of hydrogen-bond donors (Lipinski definition) is 0. The minimum absolute atomic E-state index is 0.486. The summed E-state index contributed by atoms with van der Waals surface area (Å²) in [6.45, 7) is 0. The molecule has 0 saturated carbocycles. The van der Waals surface area contributed by atoms with Crippen LogP contribution in [0.2, 0.25) is 0 Å². The lowest BCUT2D eigenvalue weighted by Crippen LogP contribution is -1.97. The Balaban J connectivity index is 1.31. The van der Waals surface area contributed by atoms with E-state index in [1.165, 1.54) is 5.56 Å². The highest BCUT2D eigenvalue weighted by Crippen LogP contribution is 2.45. The second-order valence-corrected chi connectivity index (χ2v) is 12.7. The van der Waals surface area contributed by atoms with Crippen molar-refractivity contribution in [3.63, 3.8) is 0 Å². The molecule has 4 heteroatoms. The molecule has 234 valence electrons. The van der Waals surface area contributed by atoms with Gasteiger partial charge in [-0.2, -0.15) is 15.8 Å². The molecule has 0 fully saturated rings. The summed E-state index contributed by atoms with van der Waals surface area (Å²) in [7, 11) is 0.